The molecule has 114 valence electrons. The van der Waals surface area contributed by atoms with Gasteiger partial charge in [-0.15, -0.1) is 0 Å². The summed E-state index contributed by atoms with van der Waals surface area (Å²) in [5, 5.41) is 0.715. The Balaban J connectivity index is 1.67. The number of carbonyl (C=O) groups is 1. The molecular weight excluding hydrogens is 303 g/mol. The summed E-state index contributed by atoms with van der Waals surface area (Å²) < 4.78 is 13.2. The van der Waals surface area contributed by atoms with Gasteiger partial charge in [-0.2, -0.15) is 0 Å². The Morgan fingerprint density at radius 2 is 1.73 bits per heavy atom. The summed E-state index contributed by atoms with van der Waals surface area (Å²) in [6, 6.07) is 13.5. The van der Waals surface area contributed by atoms with Gasteiger partial charge in [-0.25, -0.2) is 4.39 Å². The third kappa shape index (κ3) is 3.07. The zero-order chi connectivity index (χ0) is 15.5. The number of rotatable bonds is 2. The van der Waals surface area contributed by atoms with Gasteiger partial charge in [0.15, 0.2) is 0 Å². The minimum Gasteiger partial charge on any atom is -0.367 e. The fraction of sp³-hybridized carbons (Fsp3) is 0.235. The predicted octanol–water partition coefficient (Wildman–Crippen LogP) is 3.44. The maximum Gasteiger partial charge on any atom is 0.254 e. The van der Waals surface area contributed by atoms with E-state index in [-0.39, 0.29) is 11.7 Å². The van der Waals surface area contributed by atoms with Gasteiger partial charge in [0.25, 0.3) is 5.91 Å². The molecule has 1 aliphatic heterocycles. The van der Waals surface area contributed by atoms with Crippen LogP contribution in [-0.2, 0) is 0 Å². The van der Waals surface area contributed by atoms with E-state index in [9.17, 15) is 9.18 Å². The van der Waals surface area contributed by atoms with Crippen LogP contribution < -0.4 is 4.90 Å². The van der Waals surface area contributed by atoms with Crippen molar-refractivity contribution < 1.29 is 9.18 Å². The Labute approximate surface area is 133 Å². The molecule has 0 aromatic heterocycles. The first-order chi connectivity index (χ1) is 10.6. The van der Waals surface area contributed by atoms with Gasteiger partial charge in [0.05, 0.1) is 10.7 Å². The summed E-state index contributed by atoms with van der Waals surface area (Å²) in [4.78, 5) is 16.3. The molecule has 0 atom stereocenters. The Hall–Kier alpha value is -2.07. The maximum absolute atomic E-state index is 13.2. The van der Waals surface area contributed by atoms with Gasteiger partial charge >= 0.3 is 0 Å². The lowest BCUT2D eigenvalue weighted by Crippen LogP contribution is -2.48. The second-order valence-corrected chi connectivity index (χ2v) is 5.65. The van der Waals surface area contributed by atoms with E-state index in [1.165, 1.54) is 12.1 Å². The highest BCUT2D eigenvalue weighted by Gasteiger charge is 2.23. The molecule has 3 rings (SSSR count). The van der Waals surface area contributed by atoms with Gasteiger partial charge in [0.1, 0.15) is 5.82 Å². The van der Waals surface area contributed by atoms with Crippen LogP contribution in [0.2, 0.25) is 5.02 Å². The zero-order valence-electron chi connectivity index (χ0n) is 12.0. The Morgan fingerprint density at radius 3 is 2.41 bits per heavy atom. The van der Waals surface area contributed by atoms with Crippen molar-refractivity contribution in [3.63, 3.8) is 0 Å². The van der Waals surface area contributed by atoms with E-state index in [0.717, 1.165) is 5.69 Å². The highest BCUT2D eigenvalue weighted by Crippen LogP contribution is 2.26. The van der Waals surface area contributed by atoms with E-state index in [1.54, 1.807) is 17.0 Å². The first-order valence-electron chi connectivity index (χ1n) is 7.19. The third-order valence-electron chi connectivity index (χ3n) is 3.83. The van der Waals surface area contributed by atoms with E-state index in [1.807, 2.05) is 24.3 Å². The molecule has 0 spiro atoms. The van der Waals surface area contributed by atoms with Crippen molar-refractivity contribution in [2.45, 2.75) is 0 Å². The van der Waals surface area contributed by atoms with Crippen LogP contribution >= 0.6 is 11.6 Å². The number of halogens is 2. The maximum atomic E-state index is 13.2. The van der Waals surface area contributed by atoms with Crippen LogP contribution in [0, 0.1) is 5.82 Å². The number of nitrogens with zero attached hydrogens (tertiary/aromatic N) is 2. The number of benzene rings is 2. The monoisotopic (exact) mass is 318 g/mol. The van der Waals surface area contributed by atoms with Crippen molar-refractivity contribution in [3.05, 3.63) is 64.9 Å². The van der Waals surface area contributed by atoms with Crippen LogP contribution in [0.15, 0.2) is 48.5 Å². The Bertz CT molecular complexity index is 684. The lowest BCUT2D eigenvalue weighted by molar-refractivity contribution is 0.0746. The van der Waals surface area contributed by atoms with Crippen LogP contribution in [0.25, 0.3) is 0 Å². The Kier molecular flexibility index (Phi) is 4.29. The van der Waals surface area contributed by atoms with Gasteiger partial charge in [-0.1, -0.05) is 29.8 Å². The lowest BCUT2D eigenvalue weighted by Gasteiger charge is -2.36. The summed E-state index contributed by atoms with van der Waals surface area (Å²) in [6.45, 7) is 2.62. The number of carbonyl (C=O) groups excluding carboxylic acids is 1. The first kappa shape index (κ1) is 14.9. The molecule has 1 heterocycles. The fourth-order valence-electron chi connectivity index (χ4n) is 2.66. The van der Waals surface area contributed by atoms with Gasteiger partial charge in [0.2, 0.25) is 0 Å². The number of piperazine rings is 1. The highest BCUT2D eigenvalue weighted by atomic mass is 35.5. The standard InChI is InChI=1S/C17H16ClFN2O/c18-15-6-1-2-7-16(15)20-8-10-21(11-9-20)17(22)13-4-3-5-14(19)12-13/h1-7,12H,8-11H2. The van der Waals surface area contributed by atoms with Crippen LogP contribution in [-0.4, -0.2) is 37.0 Å². The van der Waals surface area contributed by atoms with Crippen molar-refractivity contribution in [3.8, 4) is 0 Å². The van der Waals surface area contributed by atoms with E-state index in [0.29, 0.717) is 36.8 Å². The summed E-state index contributed by atoms with van der Waals surface area (Å²) >= 11 is 6.21. The molecule has 2 aromatic carbocycles. The molecule has 3 nitrogen and oxygen atoms in total. The highest BCUT2D eigenvalue weighted by molar-refractivity contribution is 6.33. The normalized spacial score (nSPS) is 15.0. The molecule has 0 N–H and O–H groups in total. The molecular formula is C17H16ClFN2O. The summed E-state index contributed by atoms with van der Waals surface area (Å²) in [5.74, 6) is -0.515. The number of para-hydroxylation sites is 1. The van der Waals surface area contributed by atoms with Crippen molar-refractivity contribution in [2.24, 2.45) is 0 Å². The average molecular weight is 319 g/mol. The van der Waals surface area contributed by atoms with Crippen molar-refractivity contribution in [2.75, 3.05) is 31.1 Å². The van der Waals surface area contributed by atoms with Crippen LogP contribution in [0.3, 0.4) is 0 Å². The van der Waals surface area contributed by atoms with Crippen LogP contribution in [0.4, 0.5) is 10.1 Å². The van der Waals surface area contributed by atoms with Crippen molar-refractivity contribution in [1.82, 2.24) is 4.90 Å². The minimum absolute atomic E-state index is 0.127. The molecule has 2 aromatic rings. The molecule has 0 bridgehead atoms. The van der Waals surface area contributed by atoms with Gasteiger partial charge in [-0.3, -0.25) is 4.79 Å². The molecule has 1 aliphatic rings. The second-order valence-electron chi connectivity index (χ2n) is 5.24. The van der Waals surface area contributed by atoms with Crippen molar-refractivity contribution in [1.29, 1.82) is 0 Å². The largest absolute Gasteiger partial charge is 0.367 e. The van der Waals surface area contributed by atoms with E-state index in [4.69, 9.17) is 11.6 Å². The average Bonchev–Trinajstić information content (AvgIpc) is 2.55. The third-order valence-corrected chi connectivity index (χ3v) is 4.15. The van der Waals surface area contributed by atoms with Crippen LogP contribution in [0.5, 0.6) is 0 Å². The molecule has 0 radical (unpaired) electrons. The predicted molar refractivity (Wildman–Crippen MR) is 86.0 cm³/mol. The smallest absolute Gasteiger partial charge is 0.254 e. The second kappa shape index (κ2) is 6.36. The molecule has 22 heavy (non-hydrogen) atoms. The van der Waals surface area contributed by atoms with Crippen LogP contribution in [0.1, 0.15) is 10.4 Å². The van der Waals surface area contributed by atoms with Gasteiger partial charge in [0, 0.05) is 31.7 Å². The number of hydrogen-bond acceptors (Lipinski definition) is 2. The molecule has 5 heteroatoms. The molecule has 0 aliphatic carbocycles. The zero-order valence-corrected chi connectivity index (χ0v) is 12.8. The molecule has 0 saturated carbocycles. The lowest BCUT2D eigenvalue weighted by atomic mass is 10.1. The SMILES string of the molecule is O=C(c1cccc(F)c1)N1CCN(c2ccccc2Cl)CC1. The topological polar surface area (TPSA) is 23.6 Å². The van der Waals surface area contributed by atoms with Gasteiger partial charge in [-0.05, 0) is 30.3 Å². The quantitative estimate of drug-likeness (QED) is 0.847. The molecule has 0 unspecified atom stereocenters. The number of anilines is 1. The molecule has 1 amide bonds. The van der Waals surface area contributed by atoms with E-state index in [2.05, 4.69) is 4.90 Å². The fourth-order valence-corrected chi connectivity index (χ4v) is 2.92. The number of amides is 1. The van der Waals surface area contributed by atoms with Crippen molar-refractivity contribution >= 4 is 23.2 Å². The summed E-state index contributed by atoms with van der Waals surface area (Å²) in [5.41, 5.74) is 1.38. The Morgan fingerprint density at radius 1 is 1.00 bits per heavy atom. The molecule has 1 fully saturated rings. The molecule has 1 saturated heterocycles. The summed E-state index contributed by atoms with van der Waals surface area (Å²) in [6.07, 6.45) is 0. The minimum atomic E-state index is -0.388. The summed E-state index contributed by atoms with van der Waals surface area (Å²) in [7, 11) is 0. The number of hydrogen-bond donors (Lipinski definition) is 0. The first-order valence-corrected chi connectivity index (χ1v) is 7.57. The van der Waals surface area contributed by atoms with Gasteiger partial charge < -0.3 is 9.80 Å². The van der Waals surface area contributed by atoms with E-state index >= 15 is 0 Å². The van der Waals surface area contributed by atoms with E-state index < -0.39 is 0 Å².